The van der Waals surface area contributed by atoms with E-state index in [0.29, 0.717) is 13.0 Å². The molecule has 0 saturated carbocycles. The summed E-state index contributed by atoms with van der Waals surface area (Å²) >= 11 is 0. The summed E-state index contributed by atoms with van der Waals surface area (Å²) in [5.74, 6) is -0.491. The summed E-state index contributed by atoms with van der Waals surface area (Å²) in [4.78, 5) is 29.3. The first-order valence-electron chi connectivity index (χ1n) is 11.1. The first-order valence-corrected chi connectivity index (χ1v) is 11.1. The van der Waals surface area contributed by atoms with Gasteiger partial charge in [-0.2, -0.15) is 0 Å². The van der Waals surface area contributed by atoms with E-state index in [1.54, 1.807) is 18.9 Å². The van der Waals surface area contributed by atoms with Gasteiger partial charge in [0.15, 0.2) is 0 Å². The van der Waals surface area contributed by atoms with Crippen molar-refractivity contribution in [3.8, 4) is 0 Å². The van der Waals surface area contributed by atoms with E-state index in [1.165, 1.54) is 5.56 Å². The number of nitrogens with one attached hydrogen (secondary N) is 1. The molecule has 0 radical (unpaired) electrons. The van der Waals surface area contributed by atoms with Crippen LogP contribution in [0.5, 0.6) is 0 Å². The molecule has 0 aliphatic carbocycles. The molecule has 2 aromatic rings. The third-order valence-corrected chi connectivity index (χ3v) is 5.50. The Hall–Kier alpha value is -2.74. The second-order valence-corrected chi connectivity index (χ2v) is 8.01. The van der Waals surface area contributed by atoms with Crippen molar-refractivity contribution in [3.05, 3.63) is 65.7 Å². The van der Waals surface area contributed by atoms with E-state index in [1.807, 2.05) is 54.6 Å². The minimum Gasteiger partial charge on any atom is -0.465 e. The molecule has 7 nitrogen and oxygen atoms in total. The van der Waals surface area contributed by atoms with E-state index in [2.05, 4.69) is 10.2 Å². The van der Waals surface area contributed by atoms with Gasteiger partial charge in [-0.1, -0.05) is 42.5 Å². The number of amides is 1. The number of carbonyl (C=O) groups excluding carboxylic acids is 2. The Labute approximate surface area is 190 Å². The largest absolute Gasteiger partial charge is 0.465 e. The molecule has 2 aromatic carbocycles. The summed E-state index contributed by atoms with van der Waals surface area (Å²) in [5, 5.41) is 2.93. The number of anilines is 1. The summed E-state index contributed by atoms with van der Waals surface area (Å²) in [5.41, 5.74) is 2.96. The van der Waals surface area contributed by atoms with Crippen molar-refractivity contribution in [2.45, 2.75) is 25.9 Å². The summed E-state index contributed by atoms with van der Waals surface area (Å²) < 4.78 is 10.6. The van der Waals surface area contributed by atoms with Crippen molar-refractivity contribution in [1.82, 2.24) is 9.80 Å². The van der Waals surface area contributed by atoms with Gasteiger partial charge in [0.1, 0.15) is 6.04 Å². The molecule has 1 aliphatic rings. The minimum absolute atomic E-state index is 0.0891. The smallest absolute Gasteiger partial charge is 0.323 e. The van der Waals surface area contributed by atoms with Crippen LogP contribution in [-0.4, -0.2) is 74.2 Å². The average molecular weight is 440 g/mol. The molecule has 1 N–H and O–H groups in total. The van der Waals surface area contributed by atoms with Crippen LogP contribution >= 0.6 is 0 Å². The summed E-state index contributed by atoms with van der Waals surface area (Å²) in [6.45, 7) is 6.49. The number of esters is 1. The number of ether oxygens (including phenoxy) is 2. The maximum Gasteiger partial charge on any atom is 0.323 e. The van der Waals surface area contributed by atoms with Gasteiger partial charge >= 0.3 is 5.97 Å². The molecule has 0 aromatic heterocycles. The van der Waals surface area contributed by atoms with Crippen LogP contribution in [0.4, 0.5) is 5.69 Å². The second kappa shape index (κ2) is 12.3. The normalized spacial score (nSPS) is 15.3. The quantitative estimate of drug-likeness (QED) is 0.574. The lowest BCUT2D eigenvalue weighted by Crippen LogP contribution is -2.44. The number of rotatable bonds is 10. The maximum atomic E-state index is 12.6. The molecule has 0 spiro atoms. The standard InChI is InChI=1S/C25H33N3O4/c1-3-32-25(30)23(17-20-7-5-4-6-8-20)27(2)19-24(29)26-22-11-9-21(10-12-22)18-28-13-15-31-16-14-28/h4-12,23H,3,13-19H2,1-2H3,(H,26,29)/t23-/m0/s1. The van der Waals surface area contributed by atoms with Gasteiger partial charge in [-0.05, 0) is 43.7 Å². The predicted molar refractivity (Wildman–Crippen MR) is 124 cm³/mol. The third kappa shape index (κ3) is 7.44. The molecule has 1 saturated heterocycles. The van der Waals surface area contributed by atoms with E-state index in [4.69, 9.17) is 9.47 Å². The molecule has 172 valence electrons. The Morgan fingerprint density at radius 1 is 1.06 bits per heavy atom. The highest BCUT2D eigenvalue weighted by molar-refractivity contribution is 5.92. The fraction of sp³-hybridized carbons (Fsp3) is 0.440. The topological polar surface area (TPSA) is 71.1 Å². The zero-order valence-electron chi connectivity index (χ0n) is 19.0. The van der Waals surface area contributed by atoms with Crippen molar-refractivity contribution in [2.75, 3.05) is 51.8 Å². The second-order valence-electron chi connectivity index (χ2n) is 8.01. The Kier molecular flexibility index (Phi) is 9.22. The first kappa shape index (κ1) is 23.9. The van der Waals surface area contributed by atoms with Crippen molar-refractivity contribution in [3.63, 3.8) is 0 Å². The molecule has 32 heavy (non-hydrogen) atoms. The van der Waals surface area contributed by atoms with E-state index in [-0.39, 0.29) is 18.4 Å². The average Bonchev–Trinajstić information content (AvgIpc) is 2.80. The molecular weight excluding hydrogens is 406 g/mol. The van der Waals surface area contributed by atoms with Crippen molar-refractivity contribution >= 4 is 17.6 Å². The molecule has 0 unspecified atom stereocenters. The fourth-order valence-electron chi connectivity index (χ4n) is 3.74. The van der Waals surface area contributed by atoms with Gasteiger partial charge in [0.2, 0.25) is 5.91 Å². The van der Waals surface area contributed by atoms with Gasteiger partial charge in [-0.25, -0.2) is 0 Å². The number of nitrogens with zero attached hydrogens (tertiary/aromatic N) is 2. The molecular formula is C25H33N3O4. The monoisotopic (exact) mass is 439 g/mol. The molecule has 1 aliphatic heterocycles. The third-order valence-electron chi connectivity index (χ3n) is 5.50. The number of hydrogen-bond acceptors (Lipinski definition) is 6. The van der Waals surface area contributed by atoms with Gasteiger partial charge in [-0.15, -0.1) is 0 Å². The van der Waals surface area contributed by atoms with Crippen LogP contribution in [0, 0.1) is 0 Å². The van der Waals surface area contributed by atoms with Gasteiger partial charge in [0.25, 0.3) is 0 Å². The predicted octanol–water partition coefficient (Wildman–Crippen LogP) is 2.56. The van der Waals surface area contributed by atoms with E-state index in [0.717, 1.165) is 44.1 Å². The van der Waals surface area contributed by atoms with Crippen LogP contribution in [0.1, 0.15) is 18.1 Å². The Bertz CT molecular complexity index is 851. The number of benzene rings is 2. The number of likely N-dealkylation sites (N-methyl/N-ethyl adjacent to an activating group) is 1. The van der Waals surface area contributed by atoms with Gasteiger partial charge in [-0.3, -0.25) is 19.4 Å². The highest BCUT2D eigenvalue weighted by atomic mass is 16.5. The van der Waals surface area contributed by atoms with Crippen molar-refractivity contribution in [1.29, 1.82) is 0 Å². The van der Waals surface area contributed by atoms with Crippen molar-refractivity contribution in [2.24, 2.45) is 0 Å². The zero-order valence-corrected chi connectivity index (χ0v) is 19.0. The SMILES string of the molecule is CCOC(=O)[C@H](Cc1ccccc1)N(C)CC(=O)Nc1ccc(CN2CCOCC2)cc1. The summed E-state index contributed by atoms with van der Waals surface area (Å²) in [7, 11) is 1.77. The lowest BCUT2D eigenvalue weighted by atomic mass is 10.0. The van der Waals surface area contributed by atoms with Crippen LogP contribution in [0.15, 0.2) is 54.6 Å². The fourth-order valence-corrected chi connectivity index (χ4v) is 3.74. The Balaban J connectivity index is 1.54. The first-order chi connectivity index (χ1) is 15.5. The zero-order chi connectivity index (χ0) is 22.8. The lowest BCUT2D eigenvalue weighted by molar-refractivity contribution is -0.149. The number of carbonyl (C=O) groups is 2. The molecule has 7 heteroatoms. The van der Waals surface area contributed by atoms with Gasteiger partial charge < -0.3 is 14.8 Å². The molecule has 0 bridgehead atoms. The Morgan fingerprint density at radius 3 is 2.41 bits per heavy atom. The number of hydrogen-bond donors (Lipinski definition) is 1. The highest BCUT2D eigenvalue weighted by Gasteiger charge is 2.26. The van der Waals surface area contributed by atoms with Crippen molar-refractivity contribution < 1.29 is 19.1 Å². The van der Waals surface area contributed by atoms with Crippen LogP contribution < -0.4 is 5.32 Å². The van der Waals surface area contributed by atoms with Crippen LogP contribution in [0.2, 0.25) is 0 Å². The van der Waals surface area contributed by atoms with Crippen LogP contribution in [0.3, 0.4) is 0 Å². The molecule has 3 rings (SSSR count). The van der Waals surface area contributed by atoms with Crippen LogP contribution in [-0.2, 0) is 32.0 Å². The van der Waals surface area contributed by atoms with Crippen LogP contribution in [0.25, 0.3) is 0 Å². The maximum absolute atomic E-state index is 12.6. The molecule has 1 heterocycles. The molecule has 1 atom stereocenters. The minimum atomic E-state index is -0.529. The van der Waals surface area contributed by atoms with Gasteiger partial charge in [0, 0.05) is 25.3 Å². The van der Waals surface area contributed by atoms with E-state index < -0.39 is 6.04 Å². The molecule has 1 amide bonds. The number of morpholine rings is 1. The summed E-state index contributed by atoms with van der Waals surface area (Å²) in [6.07, 6.45) is 0.486. The summed E-state index contributed by atoms with van der Waals surface area (Å²) in [6, 6.07) is 17.1. The Morgan fingerprint density at radius 2 is 1.75 bits per heavy atom. The molecule has 1 fully saturated rings. The highest BCUT2D eigenvalue weighted by Crippen LogP contribution is 2.14. The van der Waals surface area contributed by atoms with E-state index >= 15 is 0 Å². The van der Waals surface area contributed by atoms with Gasteiger partial charge in [0.05, 0.1) is 26.4 Å². The lowest BCUT2D eigenvalue weighted by Gasteiger charge is -2.26. The van der Waals surface area contributed by atoms with E-state index in [9.17, 15) is 9.59 Å².